The maximum absolute atomic E-state index is 13.3. The van der Waals surface area contributed by atoms with Crippen molar-refractivity contribution in [2.45, 2.75) is 32.8 Å². The average Bonchev–Trinajstić information content (AvgIpc) is 2.86. The number of rotatable bonds is 10. The largest absolute Gasteiger partial charge is 0.395 e. The molecule has 0 saturated carbocycles. The van der Waals surface area contributed by atoms with Crippen LogP contribution in [0.4, 0.5) is 4.39 Å². The predicted octanol–water partition coefficient (Wildman–Crippen LogP) is 5.18. The first kappa shape index (κ1) is 30.2. The molecule has 2 aromatic carbocycles. The molecule has 0 aromatic heterocycles. The minimum atomic E-state index is -0.473. The zero-order valence-corrected chi connectivity index (χ0v) is 21.3. The molecule has 1 fully saturated rings. The molecule has 1 aliphatic heterocycles. The number of nitrogens with zero attached hydrogens (tertiary/aromatic N) is 2. The number of hydrogen-bond donors (Lipinski definition) is 2. The number of methoxy groups -OCH3 is 1. The van der Waals surface area contributed by atoms with Gasteiger partial charge < -0.3 is 15.2 Å². The summed E-state index contributed by atoms with van der Waals surface area (Å²) in [7, 11) is 1.77. The van der Waals surface area contributed by atoms with Gasteiger partial charge in [-0.05, 0) is 56.1 Å². The highest BCUT2D eigenvalue weighted by Crippen LogP contribution is 2.21. The van der Waals surface area contributed by atoms with Crippen molar-refractivity contribution >= 4 is 0 Å². The van der Waals surface area contributed by atoms with Gasteiger partial charge in [-0.3, -0.25) is 4.90 Å². The van der Waals surface area contributed by atoms with E-state index in [0.717, 1.165) is 50.1 Å². The summed E-state index contributed by atoms with van der Waals surface area (Å²) < 4.78 is 18.5. The van der Waals surface area contributed by atoms with E-state index in [4.69, 9.17) is 15.1 Å². The summed E-state index contributed by atoms with van der Waals surface area (Å²) in [4.78, 5) is 2.38. The molecule has 0 spiro atoms. The predicted molar refractivity (Wildman–Crippen MR) is 143 cm³/mol. The number of hydrogen-bond acceptors (Lipinski definition) is 5. The van der Waals surface area contributed by atoms with Crippen molar-refractivity contribution in [2.24, 2.45) is 0 Å². The van der Waals surface area contributed by atoms with Gasteiger partial charge in [-0.1, -0.05) is 67.6 Å². The Bertz CT molecular complexity index is 904. The number of aliphatic hydroxyl groups excluding tert-OH is 1. The van der Waals surface area contributed by atoms with Crippen LogP contribution < -0.4 is 5.32 Å². The molecular formula is C29H40FN3O2. The van der Waals surface area contributed by atoms with Gasteiger partial charge in [-0.15, -0.1) is 0 Å². The van der Waals surface area contributed by atoms with E-state index >= 15 is 0 Å². The third kappa shape index (κ3) is 13.0. The molecule has 0 radical (unpaired) electrons. The van der Waals surface area contributed by atoms with Gasteiger partial charge in [-0.2, -0.15) is 5.26 Å². The van der Waals surface area contributed by atoms with E-state index in [0.29, 0.717) is 12.6 Å². The normalized spacial score (nSPS) is 13.5. The van der Waals surface area contributed by atoms with E-state index in [9.17, 15) is 4.39 Å². The fourth-order valence-electron chi connectivity index (χ4n) is 3.23. The molecule has 190 valence electrons. The van der Waals surface area contributed by atoms with Crippen molar-refractivity contribution < 1.29 is 14.2 Å². The van der Waals surface area contributed by atoms with Crippen molar-refractivity contribution in [1.29, 1.82) is 5.26 Å². The average molecular weight is 482 g/mol. The van der Waals surface area contributed by atoms with E-state index in [1.165, 1.54) is 12.1 Å². The van der Waals surface area contributed by atoms with E-state index in [2.05, 4.69) is 29.3 Å². The fourth-order valence-corrected chi connectivity index (χ4v) is 3.23. The molecule has 2 N–H and O–H groups in total. The molecule has 0 aliphatic carbocycles. The molecule has 2 aromatic rings. The van der Waals surface area contributed by atoms with Crippen LogP contribution in [0.2, 0.25) is 0 Å². The van der Waals surface area contributed by atoms with E-state index < -0.39 is 5.82 Å². The Morgan fingerprint density at radius 2 is 1.89 bits per heavy atom. The van der Waals surface area contributed by atoms with Crippen molar-refractivity contribution in [3.8, 4) is 17.2 Å². The second kappa shape index (κ2) is 19.5. The lowest BCUT2D eigenvalue weighted by atomic mass is 10.0. The first-order valence-corrected chi connectivity index (χ1v) is 12.2. The Morgan fingerprint density at radius 3 is 2.46 bits per heavy atom. The van der Waals surface area contributed by atoms with Crippen LogP contribution in [-0.4, -0.2) is 62.6 Å². The van der Waals surface area contributed by atoms with E-state index in [1.54, 1.807) is 19.2 Å². The van der Waals surface area contributed by atoms with Crippen LogP contribution >= 0.6 is 0 Å². The maximum Gasteiger partial charge on any atom is 0.141 e. The van der Waals surface area contributed by atoms with Crippen LogP contribution in [0.3, 0.4) is 0 Å². The number of halogens is 1. The molecule has 5 nitrogen and oxygen atoms in total. The molecular weight excluding hydrogens is 441 g/mol. The van der Waals surface area contributed by atoms with Gasteiger partial charge in [0.25, 0.3) is 0 Å². The number of likely N-dealkylation sites (tertiary alicyclic amines) is 1. The van der Waals surface area contributed by atoms with Gasteiger partial charge >= 0.3 is 0 Å². The molecule has 1 heterocycles. The zero-order chi connectivity index (χ0) is 25.7. The molecule has 0 amide bonds. The number of ether oxygens (including phenoxy) is 1. The van der Waals surface area contributed by atoms with Crippen LogP contribution in [0.5, 0.6) is 0 Å². The molecule has 1 saturated heterocycles. The van der Waals surface area contributed by atoms with Crippen LogP contribution in [0.15, 0.2) is 72.8 Å². The number of nitrogens with one attached hydrogen (secondary N) is 1. The third-order valence-corrected chi connectivity index (χ3v) is 5.25. The Labute approximate surface area is 210 Å². The van der Waals surface area contributed by atoms with Crippen LogP contribution in [-0.2, 0) is 4.74 Å². The van der Waals surface area contributed by atoms with Gasteiger partial charge in [-0.25, -0.2) is 4.39 Å². The summed E-state index contributed by atoms with van der Waals surface area (Å²) in [6.45, 7) is 9.37. The van der Waals surface area contributed by atoms with Gasteiger partial charge in [0.05, 0.1) is 18.3 Å². The summed E-state index contributed by atoms with van der Waals surface area (Å²) >= 11 is 0. The number of allylic oxidation sites excluding steroid dienone is 4. The molecule has 0 bridgehead atoms. The highest BCUT2D eigenvalue weighted by Gasteiger charge is 2.25. The van der Waals surface area contributed by atoms with Crippen LogP contribution in [0, 0.1) is 17.1 Å². The third-order valence-electron chi connectivity index (χ3n) is 5.25. The first-order chi connectivity index (χ1) is 17.1. The topological polar surface area (TPSA) is 68.5 Å². The van der Waals surface area contributed by atoms with Crippen LogP contribution in [0.1, 0.15) is 32.3 Å². The van der Waals surface area contributed by atoms with Gasteiger partial charge in [0.15, 0.2) is 0 Å². The summed E-state index contributed by atoms with van der Waals surface area (Å²) in [6, 6.07) is 15.9. The minimum Gasteiger partial charge on any atom is -0.395 e. The van der Waals surface area contributed by atoms with Gasteiger partial charge in [0.2, 0.25) is 0 Å². The monoisotopic (exact) mass is 481 g/mol. The summed E-state index contributed by atoms with van der Waals surface area (Å²) in [5.74, 6) is -0.473. The molecule has 0 atom stereocenters. The highest BCUT2D eigenvalue weighted by atomic mass is 19.1. The maximum atomic E-state index is 13.3. The molecule has 3 rings (SSSR count). The number of nitriles is 1. The Morgan fingerprint density at radius 1 is 1.14 bits per heavy atom. The van der Waals surface area contributed by atoms with Gasteiger partial charge in [0.1, 0.15) is 11.9 Å². The fraction of sp³-hybridized carbons (Fsp3) is 0.414. The second-order valence-corrected chi connectivity index (χ2v) is 7.98. The summed E-state index contributed by atoms with van der Waals surface area (Å²) in [6.07, 6.45) is 11.0. The Hall–Kier alpha value is -2.82. The number of aliphatic hydroxyl groups is 1. The molecule has 0 unspecified atom stereocenters. The first-order valence-electron chi connectivity index (χ1n) is 12.2. The summed E-state index contributed by atoms with van der Waals surface area (Å²) in [5.41, 5.74) is 1.81. The highest BCUT2D eigenvalue weighted by molar-refractivity contribution is 5.64. The SMILES string of the molecule is C/C=C\C=C/CC.COC1CN(CCCNCCO)C1.N#Cc1ccc(-c2ccccc2)cc1F. The smallest absolute Gasteiger partial charge is 0.141 e. The van der Waals surface area contributed by atoms with Crippen molar-refractivity contribution in [3.63, 3.8) is 0 Å². The standard InChI is InChI=1S/C13H8FN.C9H20N2O2.C7H12/c14-13-8-11(6-7-12(13)9-15)10-4-2-1-3-5-10;1-13-9-7-11(8-9)5-2-3-10-4-6-12;1-3-5-7-6-4-2/h1-8H;9-10,12H,2-8H2,1H3;3,5-7H,4H2,1-2H3/b;;5-3-,7-6-. The Kier molecular flexibility index (Phi) is 16.8. The lowest BCUT2D eigenvalue weighted by Crippen LogP contribution is -2.52. The lowest BCUT2D eigenvalue weighted by molar-refractivity contribution is -0.0293. The molecule has 6 heteroatoms. The quantitative estimate of drug-likeness (QED) is 0.361. The van der Waals surface area contributed by atoms with Crippen molar-refractivity contribution in [1.82, 2.24) is 10.2 Å². The minimum absolute atomic E-state index is 0.0784. The Balaban J connectivity index is 0.000000281. The lowest BCUT2D eigenvalue weighted by Gasteiger charge is -2.38. The molecule has 1 aliphatic rings. The van der Waals surface area contributed by atoms with Crippen molar-refractivity contribution in [2.75, 3.05) is 46.4 Å². The second-order valence-electron chi connectivity index (χ2n) is 7.98. The zero-order valence-electron chi connectivity index (χ0n) is 21.3. The number of benzene rings is 2. The van der Waals surface area contributed by atoms with Crippen LogP contribution in [0.25, 0.3) is 11.1 Å². The summed E-state index contributed by atoms with van der Waals surface area (Å²) in [5, 5.41) is 20.3. The van der Waals surface area contributed by atoms with E-state index in [1.807, 2.05) is 49.4 Å². The molecule has 35 heavy (non-hydrogen) atoms. The van der Waals surface area contributed by atoms with Gasteiger partial charge in [0, 0.05) is 26.7 Å². The van der Waals surface area contributed by atoms with E-state index in [-0.39, 0.29) is 12.2 Å². The van der Waals surface area contributed by atoms with Crippen molar-refractivity contribution in [3.05, 3.63) is 84.2 Å².